The van der Waals surface area contributed by atoms with Gasteiger partial charge in [0.05, 0.1) is 12.1 Å². The number of nitrogens with one attached hydrogen (secondary N) is 1. The van der Waals surface area contributed by atoms with Crippen LogP contribution in [0.25, 0.3) is 10.8 Å². The molecule has 0 unspecified atom stereocenters. The summed E-state index contributed by atoms with van der Waals surface area (Å²) in [6.45, 7) is 0.799. The zero-order valence-corrected chi connectivity index (χ0v) is 16.6. The molecular formula is C26H23NO3. The van der Waals surface area contributed by atoms with Gasteiger partial charge in [-0.15, -0.1) is 0 Å². The molecule has 0 bridgehead atoms. The minimum atomic E-state index is -0.0806. The molecule has 0 saturated heterocycles. The quantitative estimate of drug-likeness (QED) is 0.401. The number of ether oxygens (including phenoxy) is 2. The summed E-state index contributed by atoms with van der Waals surface area (Å²) in [5.41, 5.74) is 1.66. The van der Waals surface area contributed by atoms with Crippen LogP contribution in [0.2, 0.25) is 0 Å². The third kappa shape index (κ3) is 4.97. The van der Waals surface area contributed by atoms with Gasteiger partial charge in [0.25, 0.3) is 0 Å². The third-order valence-corrected chi connectivity index (χ3v) is 4.74. The second-order valence-electron chi connectivity index (χ2n) is 6.87. The van der Waals surface area contributed by atoms with Crippen molar-refractivity contribution in [2.75, 3.05) is 18.5 Å². The Hall–Kier alpha value is -3.79. The minimum Gasteiger partial charge on any atom is -0.490 e. The average molecular weight is 397 g/mol. The van der Waals surface area contributed by atoms with Crippen LogP contribution in [-0.4, -0.2) is 19.1 Å². The molecule has 0 saturated carbocycles. The van der Waals surface area contributed by atoms with Gasteiger partial charge in [0.1, 0.15) is 24.7 Å². The first kappa shape index (κ1) is 19.5. The van der Waals surface area contributed by atoms with Crippen LogP contribution >= 0.6 is 0 Å². The summed E-state index contributed by atoms with van der Waals surface area (Å²) in [5, 5.41) is 5.20. The molecule has 0 atom stereocenters. The number of para-hydroxylation sites is 3. The maximum Gasteiger partial charge on any atom is 0.228 e. The average Bonchev–Trinajstić information content (AvgIpc) is 2.79. The van der Waals surface area contributed by atoms with Gasteiger partial charge in [-0.1, -0.05) is 72.8 Å². The molecule has 0 aromatic heterocycles. The zero-order chi connectivity index (χ0) is 20.6. The Morgan fingerprint density at radius 3 is 2.30 bits per heavy atom. The number of rotatable bonds is 8. The van der Waals surface area contributed by atoms with E-state index < -0.39 is 0 Å². The second kappa shape index (κ2) is 9.61. The van der Waals surface area contributed by atoms with E-state index in [0.717, 1.165) is 22.1 Å². The summed E-state index contributed by atoms with van der Waals surface area (Å²) in [5.74, 6) is 1.35. The van der Waals surface area contributed by atoms with Crippen molar-refractivity contribution < 1.29 is 14.3 Å². The molecule has 0 aliphatic carbocycles. The molecule has 4 nitrogen and oxygen atoms in total. The van der Waals surface area contributed by atoms with Crippen LogP contribution in [0.5, 0.6) is 11.5 Å². The monoisotopic (exact) mass is 397 g/mol. The van der Waals surface area contributed by atoms with Crippen LogP contribution in [0.15, 0.2) is 97.1 Å². The molecule has 0 aliphatic heterocycles. The molecule has 0 heterocycles. The first-order valence-electron chi connectivity index (χ1n) is 9.96. The molecule has 4 aromatic rings. The lowest BCUT2D eigenvalue weighted by Gasteiger charge is -2.13. The van der Waals surface area contributed by atoms with E-state index in [-0.39, 0.29) is 5.91 Å². The van der Waals surface area contributed by atoms with Crippen LogP contribution in [0.1, 0.15) is 5.56 Å². The lowest BCUT2D eigenvalue weighted by Crippen LogP contribution is -2.16. The summed E-state index contributed by atoms with van der Waals surface area (Å²) in [6, 6.07) is 31.2. The van der Waals surface area contributed by atoms with Crippen molar-refractivity contribution in [3.63, 3.8) is 0 Å². The number of anilines is 1. The van der Waals surface area contributed by atoms with E-state index in [0.29, 0.717) is 31.1 Å². The van der Waals surface area contributed by atoms with Crippen LogP contribution in [0.3, 0.4) is 0 Å². The minimum absolute atomic E-state index is 0.0806. The van der Waals surface area contributed by atoms with E-state index in [1.807, 2.05) is 84.9 Å². The first-order valence-corrected chi connectivity index (χ1v) is 9.96. The summed E-state index contributed by atoms with van der Waals surface area (Å²) in [7, 11) is 0. The molecule has 4 rings (SSSR count). The van der Waals surface area contributed by atoms with Gasteiger partial charge in [-0.3, -0.25) is 4.79 Å². The number of carbonyl (C=O) groups excluding carboxylic acids is 1. The summed E-state index contributed by atoms with van der Waals surface area (Å²) in [6.07, 6.45) is 0.298. The lowest BCUT2D eigenvalue weighted by atomic mass is 10.0. The molecule has 0 fully saturated rings. The highest BCUT2D eigenvalue weighted by molar-refractivity contribution is 5.97. The Kier molecular flexibility index (Phi) is 6.25. The van der Waals surface area contributed by atoms with Crippen molar-refractivity contribution in [1.82, 2.24) is 0 Å². The van der Waals surface area contributed by atoms with E-state index in [1.54, 1.807) is 0 Å². The fourth-order valence-corrected chi connectivity index (χ4v) is 3.34. The fraction of sp³-hybridized carbons (Fsp3) is 0.115. The van der Waals surface area contributed by atoms with Crippen molar-refractivity contribution >= 4 is 22.4 Å². The van der Waals surface area contributed by atoms with E-state index >= 15 is 0 Å². The number of benzene rings is 4. The molecule has 4 heteroatoms. The predicted octanol–water partition coefficient (Wildman–Crippen LogP) is 5.48. The SMILES string of the molecule is O=C(Cc1cccc2ccccc12)Nc1ccccc1OCCOc1ccccc1. The van der Waals surface area contributed by atoms with Crippen molar-refractivity contribution in [1.29, 1.82) is 0 Å². The van der Waals surface area contributed by atoms with E-state index in [9.17, 15) is 4.79 Å². The lowest BCUT2D eigenvalue weighted by molar-refractivity contribution is -0.115. The summed E-state index contributed by atoms with van der Waals surface area (Å²) >= 11 is 0. The van der Waals surface area contributed by atoms with Crippen LogP contribution in [-0.2, 0) is 11.2 Å². The number of amides is 1. The van der Waals surface area contributed by atoms with Crippen LogP contribution in [0.4, 0.5) is 5.69 Å². The first-order chi connectivity index (χ1) is 14.8. The highest BCUT2D eigenvalue weighted by atomic mass is 16.5. The predicted molar refractivity (Wildman–Crippen MR) is 120 cm³/mol. The van der Waals surface area contributed by atoms with Crippen molar-refractivity contribution in [3.8, 4) is 11.5 Å². The van der Waals surface area contributed by atoms with E-state index in [4.69, 9.17) is 9.47 Å². The smallest absolute Gasteiger partial charge is 0.228 e. The molecule has 1 amide bonds. The largest absolute Gasteiger partial charge is 0.490 e. The third-order valence-electron chi connectivity index (χ3n) is 4.74. The summed E-state index contributed by atoms with van der Waals surface area (Å²) in [4.78, 5) is 12.7. The molecule has 30 heavy (non-hydrogen) atoms. The Morgan fingerprint density at radius 2 is 1.40 bits per heavy atom. The Balaban J connectivity index is 1.36. The molecule has 0 aliphatic rings. The molecule has 0 spiro atoms. The van der Waals surface area contributed by atoms with Crippen molar-refractivity contribution in [2.45, 2.75) is 6.42 Å². The van der Waals surface area contributed by atoms with Gasteiger partial charge in [-0.05, 0) is 40.6 Å². The maximum absolute atomic E-state index is 12.7. The van der Waals surface area contributed by atoms with Gasteiger partial charge in [0.15, 0.2) is 0 Å². The van der Waals surface area contributed by atoms with Crippen LogP contribution < -0.4 is 14.8 Å². The standard InChI is InChI=1S/C26H23NO3/c28-26(19-21-11-8-10-20-9-4-5-14-23(20)21)27-24-15-6-7-16-25(24)30-18-17-29-22-12-2-1-3-13-22/h1-16H,17-19H2,(H,27,28). The van der Waals surface area contributed by atoms with Crippen LogP contribution in [0, 0.1) is 0 Å². The molecule has 150 valence electrons. The van der Waals surface area contributed by atoms with E-state index in [2.05, 4.69) is 17.4 Å². The molecular weight excluding hydrogens is 374 g/mol. The van der Waals surface area contributed by atoms with Crippen molar-refractivity contribution in [2.24, 2.45) is 0 Å². The Bertz CT molecular complexity index is 1120. The molecule has 1 N–H and O–H groups in total. The highest BCUT2D eigenvalue weighted by Gasteiger charge is 2.10. The molecule has 4 aromatic carbocycles. The zero-order valence-electron chi connectivity index (χ0n) is 16.6. The van der Waals surface area contributed by atoms with Crippen molar-refractivity contribution in [3.05, 3.63) is 103 Å². The number of carbonyl (C=O) groups is 1. The topological polar surface area (TPSA) is 47.6 Å². The second-order valence-corrected chi connectivity index (χ2v) is 6.87. The highest BCUT2D eigenvalue weighted by Crippen LogP contribution is 2.25. The van der Waals surface area contributed by atoms with Gasteiger partial charge in [0, 0.05) is 0 Å². The fourth-order valence-electron chi connectivity index (χ4n) is 3.34. The Morgan fingerprint density at radius 1 is 0.700 bits per heavy atom. The van der Waals surface area contributed by atoms with Gasteiger partial charge < -0.3 is 14.8 Å². The van der Waals surface area contributed by atoms with E-state index in [1.165, 1.54) is 0 Å². The number of fused-ring (bicyclic) bond motifs is 1. The van der Waals surface area contributed by atoms with Gasteiger partial charge in [-0.25, -0.2) is 0 Å². The number of hydrogen-bond donors (Lipinski definition) is 1. The Labute approximate surface area is 176 Å². The summed E-state index contributed by atoms with van der Waals surface area (Å²) < 4.78 is 11.5. The number of hydrogen-bond acceptors (Lipinski definition) is 3. The normalized spacial score (nSPS) is 10.5. The van der Waals surface area contributed by atoms with Gasteiger partial charge in [0.2, 0.25) is 5.91 Å². The van der Waals surface area contributed by atoms with Gasteiger partial charge >= 0.3 is 0 Å². The maximum atomic E-state index is 12.7. The van der Waals surface area contributed by atoms with Gasteiger partial charge in [-0.2, -0.15) is 0 Å². The molecule has 0 radical (unpaired) electrons.